The molecule has 1 aliphatic carbocycles. The highest BCUT2D eigenvalue weighted by molar-refractivity contribution is 6.30. The predicted molar refractivity (Wildman–Crippen MR) is 128 cm³/mol. The number of para-hydroxylation sites is 2. The number of benzene rings is 3. The Hall–Kier alpha value is -3.50. The van der Waals surface area contributed by atoms with E-state index in [1.807, 2.05) is 79.7 Å². The second-order valence-electron chi connectivity index (χ2n) is 8.44. The molecule has 0 N–H and O–H groups in total. The van der Waals surface area contributed by atoms with Gasteiger partial charge in [0.05, 0.1) is 16.9 Å². The van der Waals surface area contributed by atoms with Crippen molar-refractivity contribution in [3.8, 4) is 0 Å². The highest BCUT2D eigenvalue weighted by Gasteiger charge is 2.75. The number of carbonyl (C=O) groups excluding carboxylic acids is 1. The molecule has 0 radical (unpaired) electrons. The smallest absolute Gasteiger partial charge is 0.260 e. The molecule has 3 aromatic carbocycles. The Bertz CT molecular complexity index is 1380. The zero-order chi connectivity index (χ0) is 21.9. The zero-order valence-corrected chi connectivity index (χ0v) is 18.2. The largest absolute Gasteiger partial charge is 0.271 e. The Morgan fingerprint density at radius 2 is 1.56 bits per heavy atom. The van der Waals surface area contributed by atoms with Gasteiger partial charge in [0.15, 0.2) is 0 Å². The van der Waals surface area contributed by atoms with Gasteiger partial charge in [-0.1, -0.05) is 66.2 Å². The van der Waals surface area contributed by atoms with Crippen LogP contribution in [0.1, 0.15) is 30.0 Å². The van der Waals surface area contributed by atoms with E-state index < -0.39 is 5.41 Å². The summed E-state index contributed by atoms with van der Waals surface area (Å²) >= 11 is 6.16. The minimum Gasteiger partial charge on any atom is -0.271 e. The molecule has 0 saturated heterocycles. The second-order valence-corrected chi connectivity index (χ2v) is 8.88. The van der Waals surface area contributed by atoms with Crippen LogP contribution in [0.4, 0.5) is 5.69 Å². The molecule has 1 aromatic heterocycles. The molecule has 0 bridgehead atoms. The molecule has 5 heteroatoms. The van der Waals surface area contributed by atoms with Crippen LogP contribution in [0.3, 0.4) is 0 Å². The summed E-state index contributed by atoms with van der Waals surface area (Å²) in [6, 6.07) is 29.6. The van der Waals surface area contributed by atoms with Crippen molar-refractivity contribution < 1.29 is 4.79 Å². The SMILES string of the molecule is CC1=NN(c2ccccc2)C(=O)[C@]12[C@H](c1ccc3ccccc3n1)[C@@H]2c1ccc(Cl)cc1. The van der Waals surface area contributed by atoms with Crippen molar-refractivity contribution in [1.29, 1.82) is 0 Å². The first kappa shape index (κ1) is 19.2. The number of pyridine rings is 1. The average Bonchev–Trinajstić information content (AvgIpc) is 3.47. The lowest BCUT2D eigenvalue weighted by Crippen LogP contribution is -2.30. The van der Waals surface area contributed by atoms with E-state index in [1.165, 1.54) is 0 Å². The number of hydrogen-bond donors (Lipinski definition) is 0. The fourth-order valence-electron chi connectivity index (χ4n) is 5.24. The number of halogens is 1. The molecule has 6 rings (SSSR count). The van der Waals surface area contributed by atoms with Crippen molar-refractivity contribution in [2.24, 2.45) is 10.5 Å². The minimum absolute atomic E-state index is 0.00103. The minimum atomic E-state index is -0.737. The van der Waals surface area contributed by atoms with Gasteiger partial charge >= 0.3 is 0 Å². The fraction of sp³-hybridized carbons (Fsp3) is 0.148. The summed E-state index contributed by atoms with van der Waals surface area (Å²) in [6.07, 6.45) is 0. The molecule has 4 nitrogen and oxygen atoms in total. The highest BCUT2D eigenvalue weighted by Crippen LogP contribution is 2.73. The van der Waals surface area contributed by atoms with E-state index >= 15 is 0 Å². The molecule has 1 amide bonds. The molecule has 156 valence electrons. The number of aromatic nitrogens is 1. The molecule has 3 atom stereocenters. The maximum atomic E-state index is 14.0. The number of amides is 1. The van der Waals surface area contributed by atoms with Crippen LogP contribution in [0.15, 0.2) is 96.1 Å². The average molecular weight is 438 g/mol. The van der Waals surface area contributed by atoms with Crippen molar-refractivity contribution in [1.82, 2.24) is 4.98 Å². The van der Waals surface area contributed by atoms with Gasteiger partial charge in [-0.25, -0.2) is 0 Å². The van der Waals surface area contributed by atoms with E-state index in [-0.39, 0.29) is 17.7 Å². The van der Waals surface area contributed by atoms with Crippen LogP contribution >= 0.6 is 11.6 Å². The Balaban J connectivity index is 1.50. The van der Waals surface area contributed by atoms with E-state index in [2.05, 4.69) is 18.2 Å². The number of rotatable bonds is 3. The summed E-state index contributed by atoms with van der Waals surface area (Å²) in [5.41, 5.74) is 3.79. The molecule has 2 heterocycles. The Kier molecular flexibility index (Phi) is 4.21. The van der Waals surface area contributed by atoms with E-state index in [0.29, 0.717) is 5.02 Å². The van der Waals surface area contributed by atoms with Gasteiger partial charge in [-0.05, 0) is 48.9 Å². The van der Waals surface area contributed by atoms with Crippen LogP contribution in [0.2, 0.25) is 5.02 Å². The molecule has 0 unspecified atom stereocenters. The number of hydrogen-bond acceptors (Lipinski definition) is 3. The van der Waals surface area contributed by atoms with Crippen molar-refractivity contribution >= 4 is 39.8 Å². The summed E-state index contributed by atoms with van der Waals surface area (Å²) in [4.78, 5) is 18.9. The first-order valence-corrected chi connectivity index (χ1v) is 11.0. The molecule has 1 spiro atoms. The maximum Gasteiger partial charge on any atom is 0.260 e. The van der Waals surface area contributed by atoms with Gasteiger partial charge in [-0.2, -0.15) is 10.1 Å². The Morgan fingerprint density at radius 1 is 0.844 bits per heavy atom. The zero-order valence-electron chi connectivity index (χ0n) is 17.4. The molecule has 2 aliphatic rings. The summed E-state index contributed by atoms with van der Waals surface area (Å²) in [5, 5.41) is 8.05. The summed E-state index contributed by atoms with van der Waals surface area (Å²) in [5.74, 6) is -0.127. The van der Waals surface area contributed by atoms with Crippen LogP contribution in [0.5, 0.6) is 0 Å². The second kappa shape index (κ2) is 7.01. The van der Waals surface area contributed by atoms with Crippen LogP contribution < -0.4 is 5.01 Å². The predicted octanol–water partition coefficient (Wildman–Crippen LogP) is 6.18. The van der Waals surface area contributed by atoms with Gasteiger partial charge in [-0.15, -0.1) is 0 Å². The molecule has 32 heavy (non-hydrogen) atoms. The van der Waals surface area contributed by atoms with Crippen LogP contribution in [-0.2, 0) is 4.79 Å². The van der Waals surface area contributed by atoms with Crippen molar-refractivity contribution in [2.75, 3.05) is 5.01 Å². The summed E-state index contributed by atoms with van der Waals surface area (Å²) in [6.45, 7) is 1.96. The van der Waals surface area contributed by atoms with Crippen LogP contribution in [0.25, 0.3) is 10.9 Å². The molecule has 4 aromatic rings. The van der Waals surface area contributed by atoms with E-state index in [4.69, 9.17) is 21.7 Å². The first-order chi connectivity index (χ1) is 15.6. The third-order valence-corrected chi connectivity index (χ3v) is 7.02. The fourth-order valence-corrected chi connectivity index (χ4v) is 5.37. The van der Waals surface area contributed by atoms with E-state index in [0.717, 1.165) is 33.6 Å². The van der Waals surface area contributed by atoms with Crippen molar-refractivity contribution in [3.63, 3.8) is 0 Å². The molecule has 1 saturated carbocycles. The lowest BCUT2D eigenvalue weighted by Gasteiger charge is -2.15. The number of fused-ring (bicyclic) bond motifs is 1. The number of nitrogens with zero attached hydrogens (tertiary/aromatic N) is 3. The first-order valence-electron chi connectivity index (χ1n) is 10.7. The molecular weight excluding hydrogens is 418 g/mol. The summed E-state index contributed by atoms with van der Waals surface area (Å²) in [7, 11) is 0. The Morgan fingerprint density at radius 3 is 2.34 bits per heavy atom. The topological polar surface area (TPSA) is 45.6 Å². The molecular formula is C27H20ClN3O. The van der Waals surface area contributed by atoms with Gasteiger partial charge < -0.3 is 0 Å². The lowest BCUT2D eigenvalue weighted by molar-refractivity contribution is -0.121. The van der Waals surface area contributed by atoms with Crippen molar-refractivity contribution in [3.05, 3.63) is 107 Å². The normalized spacial score (nSPS) is 24.2. The van der Waals surface area contributed by atoms with Gasteiger partial charge in [0, 0.05) is 27.9 Å². The Labute approximate surface area is 191 Å². The standard InChI is InChI=1S/C27H20ClN3O/c1-17-27(26(32)31(30-17)21-8-3-2-4-9-21)24(19-11-14-20(28)15-12-19)25(27)23-16-13-18-7-5-6-10-22(18)29-23/h2-16,24-25H,1H3/t24-,25+,27+/m0/s1. The van der Waals surface area contributed by atoms with Crippen molar-refractivity contribution in [2.45, 2.75) is 18.8 Å². The number of anilines is 1. The quantitative estimate of drug-likeness (QED) is 0.384. The monoisotopic (exact) mass is 437 g/mol. The number of hydrazone groups is 1. The maximum absolute atomic E-state index is 14.0. The number of carbonyl (C=O) groups is 1. The van der Waals surface area contributed by atoms with Gasteiger partial charge in [0.1, 0.15) is 5.41 Å². The van der Waals surface area contributed by atoms with Crippen LogP contribution in [-0.4, -0.2) is 16.6 Å². The lowest BCUT2D eigenvalue weighted by atomic mass is 9.93. The molecule has 1 fully saturated rings. The van der Waals surface area contributed by atoms with E-state index in [9.17, 15) is 4.79 Å². The van der Waals surface area contributed by atoms with E-state index in [1.54, 1.807) is 5.01 Å². The summed E-state index contributed by atoms with van der Waals surface area (Å²) < 4.78 is 0. The van der Waals surface area contributed by atoms with Gasteiger partial charge in [-0.3, -0.25) is 9.78 Å². The molecule has 1 aliphatic heterocycles. The van der Waals surface area contributed by atoms with Gasteiger partial charge in [0.25, 0.3) is 5.91 Å². The van der Waals surface area contributed by atoms with Gasteiger partial charge in [0.2, 0.25) is 0 Å². The third-order valence-electron chi connectivity index (χ3n) is 6.77. The third kappa shape index (κ3) is 2.66. The highest BCUT2D eigenvalue weighted by atomic mass is 35.5. The van der Waals surface area contributed by atoms with Crippen LogP contribution in [0, 0.1) is 5.41 Å².